The highest BCUT2D eigenvalue weighted by atomic mass is 35.5. The molecule has 102 valence electrons. The minimum Gasteiger partial charge on any atom is -0.319 e. The number of halogens is 1. The lowest BCUT2D eigenvalue weighted by molar-refractivity contribution is 0.417. The SMILES string of the molecule is CNCC(CCCC(C)C)Cc1ccccc1Cl. The van der Waals surface area contributed by atoms with Crippen LogP contribution in [0.25, 0.3) is 0 Å². The standard InChI is InChI=1S/C16H26ClN/c1-13(2)7-6-8-14(12-18-3)11-15-9-4-5-10-16(15)17/h4-5,9-10,13-14,18H,6-8,11-12H2,1-3H3. The molecule has 2 heteroatoms. The minimum atomic E-state index is 0.689. The van der Waals surface area contributed by atoms with Crippen LogP contribution in [0.5, 0.6) is 0 Å². The zero-order valence-electron chi connectivity index (χ0n) is 11.9. The van der Waals surface area contributed by atoms with E-state index in [-0.39, 0.29) is 0 Å². The first-order chi connectivity index (χ1) is 8.63. The van der Waals surface area contributed by atoms with E-state index in [9.17, 15) is 0 Å². The van der Waals surface area contributed by atoms with E-state index in [1.165, 1.54) is 24.8 Å². The molecule has 0 amide bonds. The number of hydrogen-bond acceptors (Lipinski definition) is 1. The van der Waals surface area contributed by atoms with E-state index in [0.29, 0.717) is 5.92 Å². The molecule has 0 radical (unpaired) electrons. The third-order valence-electron chi connectivity index (χ3n) is 3.35. The van der Waals surface area contributed by atoms with E-state index >= 15 is 0 Å². The summed E-state index contributed by atoms with van der Waals surface area (Å²) in [5, 5.41) is 4.21. The van der Waals surface area contributed by atoms with Crippen LogP contribution in [0.1, 0.15) is 38.7 Å². The predicted octanol–water partition coefficient (Wildman–Crippen LogP) is 4.54. The lowest BCUT2D eigenvalue weighted by Crippen LogP contribution is -2.21. The van der Waals surface area contributed by atoms with E-state index in [1.54, 1.807) is 0 Å². The molecule has 18 heavy (non-hydrogen) atoms. The van der Waals surface area contributed by atoms with E-state index < -0.39 is 0 Å². The molecule has 0 aliphatic heterocycles. The third kappa shape index (κ3) is 5.88. The third-order valence-corrected chi connectivity index (χ3v) is 3.72. The summed E-state index contributed by atoms with van der Waals surface area (Å²) in [5.74, 6) is 1.49. The van der Waals surface area contributed by atoms with Gasteiger partial charge in [-0.1, -0.05) is 56.5 Å². The summed E-state index contributed by atoms with van der Waals surface area (Å²) >= 11 is 6.23. The second-order valence-electron chi connectivity index (χ2n) is 5.54. The van der Waals surface area contributed by atoms with E-state index in [2.05, 4.69) is 31.3 Å². The summed E-state index contributed by atoms with van der Waals surface area (Å²) in [7, 11) is 2.03. The highest BCUT2D eigenvalue weighted by molar-refractivity contribution is 6.31. The summed E-state index contributed by atoms with van der Waals surface area (Å²) in [6.45, 7) is 5.66. The normalized spacial score (nSPS) is 12.9. The van der Waals surface area contributed by atoms with Gasteiger partial charge >= 0.3 is 0 Å². The van der Waals surface area contributed by atoms with Crippen molar-refractivity contribution in [2.75, 3.05) is 13.6 Å². The van der Waals surface area contributed by atoms with Crippen molar-refractivity contribution in [3.8, 4) is 0 Å². The summed E-state index contributed by atoms with van der Waals surface area (Å²) in [6.07, 6.45) is 5.00. The lowest BCUT2D eigenvalue weighted by atomic mass is 9.92. The van der Waals surface area contributed by atoms with Gasteiger partial charge in [0.1, 0.15) is 0 Å². The molecule has 0 aliphatic carbocycles. The van der Waals surface area contributed by atoms with Gasteiger partial charge in [-0.3, -0.25) is 0 Å². The van der Waals surface area contributed by atoms with Crippen molar-refractivity contribution in [1.29, 1.82) is 0 Å². The number of benzene rings is 1. The van der Waals surface area contributed by atoms with Crippen LogP contribution in [0.15, 0.2) is 24.3 Å². The molecule has 0 bridgehead atoms. The molecule has 0 heterocycles. The van der Waals surface area contributed by atoms with E-state index in [4.69, 9.17) is 11.6 Å². The van der Waals surface area contributed by atoms with Gasteiger partial charge in [0.15, 0.2) is 0 Å². The summed E-state index contributed by atoms with van der Waals surface area (Å²) < 4.78 is 0. The van der Waals surface area contributed by atoms with E-state index in [1.807, 2.05) is 19.2 Å². The van der Waals surface area contributed by atoms with Crippen molar-refractivity contribution in [2.24, 2.45) is 11.8 Å². The fourth-order valence-corrected chi connectivity index (χ4v) is 2.57. The first-order valence-electron chi connectivity index (χ1n) is 7.01. The zero-order chi connectivity index (χ0) is 13.4. The number of rotatable bonds is 8. The van der Waals surface area contributed by atoms with Crippen molar-refractivity contribution >= 4 is 11.6 Å². The van der Waals surface area contributed by atoms with Crippen molar-refractivity contribution in [3.05, 3.63) is 34.9 Å². The number of nitrogens with one attached hydrogen (secondary N) is 1. The minimum absolute atomic E-state index is 0.689. The molecular weight excluding hydrogens is 242 g/mol. The molecular formula is C16H26ClN. The Kier molecular flexibility index (Phi) is 7.38. The van der Waals surface area contributed by atoms with Crippen LogP contribution < -0.4 is 5.32 Å². The lowest BCUT2D eigenvalue weighted by Gasteiger charge is -2.18. The Balaban J connectivity index is 2.49. The van der Waals surface area contributed by atoms with Crippen LogP contribution >= 0.6 is 11.6 Å². The van der Waals surface area contributed by atoms with Crippen LogP contribution in [0.4, 0.5) is 0 Å². The van der Waals surface area contributed by atoms with Gasteiger partial charge in [-0.05, 0) is 49.9 Å². The quantitative estimate of drug-likeness (QED) is 0.729. The molecule has 1 atom stereocenters. The predicted molar refractivity (Wildman–Crippen MR) is 81.3 cm³/mol. The van der Waals surface area contributed by atoms with E-state index in [0.717, 1.165) is 23.9 Å². The van der Waals surface area contributed by atoms with Crippen LogP contribution in [0.2, 0.25) is 5.02 Å². The maximum absolute atomic E-state index is 6.23. The fraction of sp³-hybridized carbons (Fsp3) is 0.625. The zero-order valence-corrected chi connectivity index (χ0v) is 12.6. The van der Waals surface area contributed by atoms with Crippen LogP contribution in [0.3, 0.4) is 0 Å². The van der Waals surface area contributed by atoms with Crippen LogP contribution in [-0.2, 0) is 6.42 Å². The second-order valence-corrected chi connectivity index (χ2v) is 5.95. The molecule has 0 saturated carbocycles. The average Bonchev–Trinajstić information content (AvgIpc) is 2.32. The molecule has 1 aromatic rings. The van der Waals surface area contributed by atoms with Gasteiger partial charge in [-0.25, -0.2) is 0 Å². The number of hydrogen-bond donors (Lipinski definition) is 1. The Bertz CT molecular complexity index is 336. The van der Waals surface area contributed by atoms with Crippen molar-refractivity contribution in [1.82, 2.24) is 5.32 Å². The Hall–Kier alpha value is -0.530. The van der Waals surface area contributed by atoms with Crippen molar-refractivity contribution < 1.29 is 0 Å². The first-order valence-corrected chi connectivity index (χ1v) is 7.39. The van der Waals surface area contributed by atoms with Crippen molar-refractivity contribution in [2.45, 2.75) is 39.5 Å². The van der Waals surface area contributed by atoms with Gasteiger partial charge < -0.3 is 5.32 Å². The van der Waals surface area contributed by atoms with Gasteiger partial charge in [0.2, 0.25) is 0 Å². The maximum Gasteiger partial charge on any atom is 0.0438 e. The molecule has 0 saturated heterocycles. The molecule has 0 spiro atoms. The summed E-state index contributed by atoms with van der Waals surface area (Å²) in [5.41, 5.74) is 1.28. The molecule has 0 aromatic heterocycles. The molecule has 1 nitrogen and oxygen atoms in total. The maximum atomic E-state index is 6.23. The Morgan fingerprint density at radius 1 is 1.17 bits per heavy atom. The Morgan fingerprint density at radius 3 is 2.50 bits per heavy atom. The summed E-state index contributed by atoms with van der Waals surface area (Å²) in [6, 6.07) is 8.21. The molecule has 1 N–H and O–H groups in total. The van der Waals surface area contributed by atoms with Gasteiger partial charge in [0, 0.05) is 5.02 Å². The topological polar surface area (TPSA) is 12.0 Å². The highest BCUT2D eigenvalue weighted by Crippen LogP contribution is 2.22. The smallest absolute Gasteiger partial charge is 0.0438 e. The van der Waals surface area contributed by atoms with Gasteiger partial charge in [0.05, 0.1) is 0 Å². The molecule has 1 aromatic carbocycles. The van der Waals surface area contributed by atoms with Crippen LogP contribution in [0, 0.1) is 11.8 Å². The van der Waals surface area contributed by atoms with Crippen molar-refractivity contribution in [3.63, 3.8) is 0 Å². The molecule has 0 aliphatic rings. The van der Waals surface area contributed by atoms with Gasteiger partial charge in [-0.2, -0.15) is 0 Å². The molecule has 1 unspecified atom stereocenters. The van der Waals surface area contributed by atoms with Crippen LogP contribution in [-0.4, -0.2) is 13.6 Å². The Morgan fingerprint density at radius 2 is 1.89 bits per heavy atom. The second kappa shape index (κ2) is 8.55. The van der Waals surface area contributed by atoms with Gasteiger partial charge in [0.25, 0.3) is 0 Å². The first kappa shape index (κ1) is 15.5. The fourth-order valence-electron chi connectivity index (χ4n) is 2.35. The monoisotopic (exact) mass is 267 g/mol. The average molecular weight is 268 g/mol. The van der Waals surface area contributed by atoms with Gasteiger partial charge in [-0.15, -0.1) is 0 Å². The largest absolute Gasteiger partial charge is 0.319 e. The summed E-state index contributed by atoms with van der Waals surface area (Å²) in [4.78, 5) is 0. The molecule has 1 rings (SSSR count). The Labute approximate surface area is 117 Å². The molecule has 0 fully saturated rings. The highest BCUT2D eigenvalue weighted by Gasteiger charge is 2.11.